The third-order valence-corrected chi connectivity index (χ3v) is 3.18. The minimum absolute atomic E-state index is 0.218. The molecule has 128 valence electrons. The summed E-state index contributed by atoms with van der Waals surface area (Å²) in [5, 5.41) is 28.7. The number of rotatable bonds is 2. The Morgan fingerprint density at radius 2 is 1.87 bits per heavy atom. The minimum atomic E-state index is -1.19. The van der Waals surface area contributed by atoms with Gasteiger partial charge in [0.1, 0.15) is 30.2 Å². The molecule has 1 saturated heterocycles. The van der Waals surface area contributed by atoms with Crippen LogP contribution in [0, 0.1) is 0 Å². The van der Waals surface area contributed by atoms with Gasteiger partial charge in [0.2, 0.25) is 0 Å². The van der Waals surface area contributed by atoms with Gasteiger partial charge < -0.3 is 30.7 Å². The van der Waals surface area contributed by atoms with Gasteiger partial charge in [-0.15, -0.1) is 0 Å². The maximum atomic E-state index is 9.95. The lowest BCUT2D eigenvalue weighted by Crippen LogP contribution is -2.33. The Kier molecular flexibility index (Phi) is 5.44. The monoisotopic (exact) mass is 326 g/mol. The maximum absolute atomic E-state index is 9.95. The molecule has 0 amide bonds. The van der Waals surface area contributed by atoms with Gasteiger partial charge in [0, 0.05) is 0 Å². The highest BCUT2D eigenvalue weighted by molar-refractivity contribution is 5.81. The molecule has 2 aromatic heterocycles. The summed E-state index contributed by atoms with van der Waals surface area (Å²) in [6.07, 6.45) is -1.42. The zero-order valence-electron chi connectivity index (χ0n) is 13.2. The van der Waals surface area contributed by atoms with Crippen LogP contribution >= 0.6 is 0 Å². The van der Waals surface area contributed by atoms with Gasteiger partial charge >= 0.3 is 0 Å². The van der Waals surface area contributed by atoms with Gasteiger partial charge in [0.05, 0.1) is 12.9 Å². The number of nitrogen functional groups attached to an aromatic ring is 1. The maximum Gasteiger partial charge on any atom is 0.167 e. The van der Waals surface area contributed by atoms with E-state index in [0.29, 0.717) is 11.2 Å². The second-order valence-corrected chi connectivity index (χ2v) is 5.65. The molecule has 2 aromatic rings. The molecule has 1 fully saturated rings. The van der Waals surface area contributed by atoms with E-state index in [1.165, 1.54) is 17.2 Å². The molecule has 0 unspecified atom stereocenters. The van der Waals surface area contributed by atoms with Crippen LogP contribution in [0.15, 0.2) is 12.7 Å². The summed E-state index contributed by atoms with van der Waals surface area (Å²) in [5.74, 6) is 0.218. The Bertz CT molecular complexity index is 646. The number of nitrogens with two attached hydrogens (primary N) is 1. The first kappa shape index (κ1) is 17.5. The van der Waals surface area contributed by atoms with Crippen LogP contribution < -0.4 is 5.73 Å². The standard InChI is InChI=1S/C10H13N5O4.C3H9N/c11-8-5-9(13-2-12-8)15(3-14-5)10-7(18)6(17)4(1-16)19-10;1-4(2)3/h2-4,6-7,10,16-18H,1H2,(H2,11,12,13);1-3H3/t4-,6-,7-,10-;/m1./s1. The fourth-order valence-corrected chi connectivity index (χ4v) is 2.17. The van der Waals surface area contributed by atoms with Crippen molar-refractivity contribution in [1.29, 1.82) is 0 Å². The van der Waals surface area contributed by atoms with Gasteiger partial charge in [-0.25, -0.2) is 15.0 Å². The number of anilines is 1. The van der Waals surface area contributed by atoms with Gasteiger partial charge in [-0.2, -0.15) is 0 Å². The summed E-state index contributed by atoms with van der Waals surface area (Å²) in [6.45, 7) is -0.390. The average Bonchev–Trinajstić information content (AvgIpc) is 3.02. The van der Waals surface area contributed by atoms with Gasteiger partial charge in [-0.05, 0) is 21.1 Å². The average molecular weight is 326 g/mol. The second-order valence-electron chi connectivity index (χ2n) is 5.65. The molecule has 23 heavy (non-hydrogen) atoms. The SMILES string of the molecule is CN(C)C.Nc1ncnc2c1ncn2[C@@H]1O[C@H](CO)[C@@H](O)[C@H]1O. The normalized spacial score (nSPS) is 27.3. The van der Waals surface area contributed by atoms with Crippen LogP contribution in [0.3, 0.4) is 0 Å². The van der Waals surface area contributed by atoms with Gasteiger partial charge in [-0.3, -0.25) is 4.57 Å². The Morgan fingerprint density at radius 3 is 2.43 bits per heavy atom. The Balaban J connectivity index is 0.000000433. The summed E-state index contributed by atoms with van der Waals surface area (Å²) in [5.41, 5.74) is 6.44. The van der Waals surface area contributed by atoms with E-state index in [9.17, 15) is 10.2 Å². The van der Waals surface area contributed by atoms with Crippen LogP contribution in [-0.2, 0) is 4.74 Å². The Labute approximate surface area is 133 Å². The van der Waals surface area contributed by atoms with Gasteiger partial charge in [0.25, 0.3) is 0 Å². The van der Waals surface area contributed by atoms with E-state index in [4.69, 9.17) is 15.6 Å². The van der Waals surface area contributed by atoms with Crippen molar-refractivity contribution in [2.45, 2.75) is 24.5 Å². The topological polar surface area (TPSA) is 143 Å². The van der Waals surface area contributed by atoms with Crippen molar-refractivity contribution in [3.63, 3.8) is 0 Å². The molecule has 4 atom stereocenters. The number of aromatic nitrogens is 4. The number of fused-ring (bicyclic) bond motifs is 1. The highest BCUT2D eigenvalue weighted by Crippen LogP contribution is 2.31. The second kappa shape index (κ2) is 7.15. The molecule has 0 radical (unpaired) electrons. The van der Waals surface area contributed by atoms with Crippen LogP contribution in [0.1, 0.15) is 6.23 Å². The number of imidazole rings is 1. The van der Waals surface area contributed by atoms with Crippen LogP contribution in [-0.4, -0.2) is 85.8 Å². The van der Waals surface area contributed by atoms with Crippen molar-refractivity contribution in [3.05, 3.63) is 12.7 Å². The smallest absolute Gasteiger partial charge is 0.167 e. The summed E-state index contributed by atoms with van der Waals surface area (Å²) in [4.78, 5) is 13.9. The van der Waals surface area contributed by atoms with Gasteiger partial charge in [-0.1, -0.05) is 0 Å². The number of hydrogen-bond acceptors (Lipinski definition) is 9. The molecular weight excluding hydrogens is 304 g/mol. The molecule has 3 rings (SSSR count). The first-order valence-corrected chi connectivity index (χ1v) is 7.03. The minimum Gasteiger partial charge on any atom is -0.394 e. The van der Waals surface area contributed by atoms with Crippen LogP contribution in [0.4, 0.5) is 5.82 Å². The third kappa shape index (κ3) is 3.57. The number of aliphatic hydroxyl groups is 3. The van der Waals surface area contributed by atoms with Crippen LogP contribution in [0.2, 0.25) is 0 Å². The van der Waals surface area contributed by atoms with E-state index in [1.807, 2.05) is 26.0 Å². The highest BCUT2D eigenvalue weighted by Gasteiger charge is 2.43. The molecule has 10 heteroatoms. The molecular formula is C13H22N6O4. The summed E-state index contributed by atoms with van der Waals surface area (Å²) in [7, 11) is 6.00. The van der Waals surface area contributed by atoms with Crippen molar-refractivity contribution in [1.82, 2.24) is 24.4 Å². The summed E-state index contributed by atoms with van der Waals surface area (Å²) >= 11 is 0. The lowest BCUT2D eigenvalue weighted by molar-refractivity contribution is -0.0511. The van der Waals surface area contributed by atoms with Crippen LogP contribution in [0.5, 0.6) is 0 Å². The van der Waals surface area contributed by atoms with Crippen molar-refractivity contribution >= 4 is 17.0 Å². The quantitative estimate of drug-likeness (QED) is 0.502. The molecule has 0 bridgehead atoms. The largest absolute Gasteiger partial charge is 0.394 e. The molecule has 10 nitrogen and oxygen atoms in total. The number of nitrogens with zero attached hydrogens (tertiary/aromatic N) is 5. The van der Waals surface area contributed by atoms with E-state index in [-0.39, 0.29) is 5.82 Å². The highest BCUT2D eigenvalue weighted by atomic mass is 16.6. The first-order valence-electron chi connectivity index (χ1n) is 7.03. The molecule has 1 aliphatic heterocycles. The van der Waals surface area contributed by atoms with Gasteiger partial charge in [0.15, 0.2) is 17.7 Å². The van der Waals surface area contributed by atoms with Crippen LogP contribution in [0.25, 0.3) is 11.2 Å². The van der Waals surface area contributed by atoms with E-state index >= 15 is 0 Å². The molecule has 3 heterocycles. The molecule has 0 aliphatic carbocycles. The molecule has 0 spiro atoms. The van der Waals surface area contributed by atoms with Crippen molar-refractivity contribution in [2.24, 2.45) is 0 Å². The molecule has 5 N–H and O–H groups in total. The molecule has 1 aliphatic rings. The van der Waals surface area contributed by atoms with E-state index in [2.05, 4.69) is 15.0 Å². The molecule has 0 aromatic carbocycles. The van der Waals surface area contributed by atoms with Crippen molar-refractivity contribution in [3.8, 4) is 0 Å². The zero-order valence-corrected chi connectivity index (χ0v) is 13.2. The predicted octanol–water partition coefficient (Wildman–Crippen LogP) is -1.80. The van der Waals surface area contributed by atoms with Crippen molar-refractivity contribution in [2.75, 3.05) is 33.5 Å². The number of aliphatic hydroxyl groups excluding tert-OH is 3. The number of hydrogen-bond donors (Lipinski definition) is 4. The summed E-state index contributed by atoms with van der Waals surface area (Å²) < 4.78 is 6.85. The first-order chi connectivity index (χ1) is 10.9. The summed E-state index contributed by atoms with van der Waals surface area (Å²) in [6, 6.07) is 0. The predicted molar refractivity (Wildman–Crippen MR) is 82.4 cm³/mol. The fraction of sp³-hybridized carbons (Fsp3) is 0.615. The zero-order chi connectivity index (χ0) is 17.1. The number of ether oxygens (including phenoxy) is 1. The Hall–Kier alpha value is -1.85. The van der Waals surface area contributed by atoms with E-state index in [0.717, 1.165) is 0 Å². The Morgan fingerprint density at radius 1 is 1.22 bits per heavy atom. The van der Waals surface area contributed by atoms with Crippen molar-refractivity contribution < 1.29 is 20.1 Å². The lowest BCUT2D eigenvalue weighted by Gasteiger charge is -2.16. The van der Waals surface area contributed by atoms with E-state index < -0.39 is 31.1 Å². The molecule has 0 saturated carbocycles. The lowest BCUT2D eigenvalue weighted by atomic mass is 10.1. The fourth-order valence-electron chi connectivity index (χ4n) is 2.17. The third-order valence-electron chi connectivity index (χ3n) is 3.18. The van der Waals surface area contributed by atoms with E-state index in [1.54, 1.807) is 0 Å².